The van der Waals surface area contributed by atoms with E-state index in [1.807, 2.05) is 0 Å². The number of pyridine rings is 1. The quantitative estimate of drug-likeness (QED) is 0.323. The number of rotatable bonds is 10. The fraction of sp³-hybridized carbons (Fsp3) is 0.423. The summed E-state index contributed by atoms with van der Waals surface area (Å²) in [7, 11) is 0. The van der Waals surface area contributed by atoms with Crippen LogP contribution in [0.3, 0.4) is 0 Å². The van der Waals surface area contributed by atoms with Crippen molar-refractivity contribution in [3.8, 4) is 11.8 Å². The fourth-order valence-corrected chi connectivity index (χ4v) is 5.44. The van der Waals surface area contributed by atoms with E-state index in [1.54, 1.807) is 24.3 Å². The van der Waals surface area contributed by atoms with Crippen molar-refractivity contribution in [2.24, 2.45) is 0 Å². The zero-order valence-electron chi connectivity index (χ0n) is 20.2. The monoisotopic (exact) mass is 509 g/mol. The third kappa shape index (κ3) is 5.87. The summed E-state index contributed by atoms with van der Waals surface area (Å²) in [5, 5.41) is 32.9. The van der Waals surface area contributed by atoms with Gasteiger partial charge in [0, 0.05) is 31.1 Å². The molecule has 3 heterocycles. The molecule has 1 aromatic carbocycles. The topological polar surface area (TPSA) is 145 Å². The number of aryl methyl sites for hydroxylation is 1. The van der Waals surface area contributed by atoms with Crippen LogP contribution in [0, 0.1) is 11.3 Å². The van der Waals surface area contributed by atoms with Crippen LogP contribution in [-0.2, 0) is 6.42 Å². The Morgan fingerprint density at radius 3 is 2.72 bits per heavy atom. The molecule has 0 radical (unpaired) electrons. The van der Waals surface area contributed by atoms with Crippen molar-refractivity contribution >= 4 is 39.0 Å². The number of ether oxygens (including phenoxy) is 1. The van der Waals surface area contributed by atoms with Gasteiger partial charge >= 0.3 is 5.97 Å². The number of benzene rings is 1. The van der Waals surface area contributed by atoms with Gasteiger partial charge in [-0.3, -0.25) is 0 Å². The van der Waals surface area contributed by atoms with Gasteiger partial charge in [0.2, 0.25) is 0 Å². The van der Waals surface area contributed by atoms with Crippen LogP contribution in [0.1, 0.15) is 47.0 Å². The van der Waals surface area contributed by atoms with Gasteiger partial charge in [-0.15, -0.1) is 11.3 Å². The number of anilines is 2. The smallest absolute Gasteiger partial charge is 0.348 e. The summed E-state index contributed by atoms with van der Waals surface area (Å²) in [4.78, 5) is 19.4. The van der Waals surface area contributed by atoms with Crippen LogP contribution < -0.4 is 20.7 Å². The number of nitrogen functional groups attached to an aromatic ring is 1. The number of aromatic nitrogens is 1. The number of thiophene rings is 1. The van der Waals surface area contributed by atoms with Gasteiger partial charge in [0.1, 0.15) is 34.0 Å². The number of nitrogens with zero attached hydrogens (tertiary/aromatic N) is 3. The third-order valence-corrected chi connectivity index (χ3v) is 7.46. The van der Waals surface area contributed by atoms with Crippen LogP contribution in [0.5, 0.6) is 5.75 Å². The first-order valence-electron chi connectivity index (χ1n) is 12.1. The standard InChI is InChI=1S/C26H31N5O4S/c1-2-3-17-12-21(30-25-22(17)23(28)24(36-25)26(33)34)31-10-8-18(9-11-31)29-14-19(32)15-35-20-6-4-16(13-27)5-7-20/h4-7,12,18-19,29,32H,2-3,8-11,14-15,28H2,1H3,(H,33,34). The lowest BCUT2D eigenvalue weighted by Crippen LogP contribution is -2.45. The molecule has 9 nitrogen and oxygen atoms in total. The highest BCUT2D eigenvalue weighted by Gasteiger charge is 2.24. The van der Waals surface area contributed by atoms with Crippen molar-refractivity contribution in [1.82, 2.24) is 10.3 Å². The zero-order chi connectivity index (χ0) is 25.7. The van der Waals surface area contributed by atoms with Crippen LogP contribution in [0.25, 0.3) is 10.2 Å². The van der Waals surface area contributed by atoms with E-state index in [1.165, 1.54) is 0 Å². The molecule has 0 amide bonds. The molecule has 1 aliphatic rings. The molecule has 3 aromatic rings. The Kier molecular flexibility index (Phi) is 8.25. The predicted molar refractivity (Wildman–Crippen MR) is 141 cm³/mol. The summed E-state index contributed by atoms with van der Waals surface area (Å²) in [6.45, 7) is 4.31. The van der Waals surface area contributed by atoms with Gasteiger partial charge in [-0.2, -0.15) is 5.26 Å². The van der Waals surface area contributed by atoms with E-state index in [-0.39, 0.29) is 17.5 Å². The maximum Gasteiger partial charge on any atom is 0.348 e. The summed E-state index contributed by atoms with van der Waals surface area (Å²) in [5.41, 5.74) is 8.10. The molecule has 5 N–H and O–H groups in total. The SMILES string of the molecule is CCCc1cc(N2CCC(NCC(O)COc3ccc(C#N)cc3)CC2)nc2sc(C(=O)O)c(N)c12. The van der Waals surface area contributed by atoms with Gasteiger partial charge in [0.05, 0.1) is 17.3 Å². The number of carbonyl (C=O) groups is 1. The second-order valence-corrected chi connectivity index (χ2v) is 9.99. The second kappa shape index (κ2) is 11.6. The van der Waals surface area contributed by atoms with Crippen LogP contribution >= 0.6 is 11.3 Å². The molecule has 0 aliphatic carbocycles. The Hall–Kier alpha value is -3.39. The number of nitrogens with one attached hydrogen (secondary N) is 1. The van der Waals surface area contributed by atoms with Crippen molar-refractivity contribution < 1.29 is 19.7 Å². The van der Waals surface area contributed by atoms with E-state index in [9.17, 15) is 15.0 Å². The highest BCUT2D eigenvalue weighted by atomic mass is 32.1. The molecular formula is C26H31N5O4S. The largest absolute Gasteiger partial charge is 0.491 e. The molecule has 0 bridgehead atoms. The molecule has 2 aromatic heterocycles. The van der Waals surface area contributed by atoms with Crippen molar-refractivity contribution in [3.05, 3.63) is 46.3 Å². The van der Waals surface area contributed by atoms with E-state index in [0.29, 0.717) is 28.4 Å². The summed E-state index contributed by atoms with van der Waals surface area (Å²) in [6.07, 6.45) is 2.90. The number of nitriles is 1. The maximum absolute atomic E-state index is 11.6. The first kappa shape index (κ1) is 25.7. The lowest BCUT2D eigenvalue weighted by atomic mass is 10.0. The molecule has 1 aliphatic heterocycles. The molecule has 1 atom stereocenters. The lowest BCUT2D eigenvalue weighted by molar-refractivity contribution is 0.0703. The van der Waals surface area contributed by atoms with Crippen LogP contribution in [-0.4, -0.2) is 59.6 Å². The van der Waals surface area contributed by atoms with E-state index in [4.69, 9.17) is 20.7 Å². The number of aliphatic hydroxyl groups is 1. The molecule has 1 saturated heterocycles. The number of aromatic carboxylic acids is 1. The van der Waals surface area contributed by atoms with Gasteiger partial charge in [0.25, 0.3) is 0 Å². The van der Waals surface area contributed by atoms with E-state index < -0.39 is 12.1 Å². The normalized spacial score (nSPS) is 15.1. The minimum atomic E-state index is -1.02. The van der Waals surface area contributed by atoms with Crippen LogP contribution in [0.4, 0.5) is 11.5 Å². The first-order valence-corrected chi connectivity index (χ1v) is 13.0. The van der Waals surface area contributed by atoms with Crippen LogP contribution in [0.15, 0.2) is 30.3 Å². The Labute approximate surface area is 214 Å². The number of piperidine rings is 1. The lowest BCUT2D eigenvalue weighted by Gasteiger charge is -2.34. The number of carboxylic acids is 1. The van der Waals surface area contributed by atoms with E-state index in [2.05, 4.69) is 29.3 Å². The van der Waals surface area contributed by atoms with Crippen molar-refractivity contribution in [2.75, 3.05) is 36.9 Å². The van der Waals surface area contributed by atoms with Gasteiger partial charge in [0.15, 0.2) is 0 Å². The molecule has 0 spiro atoms. The van der Waals surface area contributed by atoms with Crippen molar-refractivity contribution in [2.45, 2.75) is 44.8 Å². The molecule has 4 rings (SSSR count). The average Bonchev–Trinajstić information content (AvgIpc) is 3.23. The fourth-order valence-electron chi connectivity index (χ4n) is 4.46. The summed E-state index contributed by atoms with van der Waals surface area (Å²) in [5.74, 6) is 0.463. The number of nitrogens with two attached hydrogens (primary N) is 1. The summed E-state index contributed by atoms with van der Waals surface area (Å²) >= 11 is 1.14. The first-order chi connectivity index (χ1) is 17.4. The Balaban J connectivity index is 1.31. The van der Waals surface area contributed by atoms with Crippen LogP contribution in [0.2, 0.25) is 0 Å². The van der Waals surface area contributed by atoms with Crippen molar-refractivity contribution in [1.29, 1.82) is 5.26 Å². The molecule has 1 unspecified atom stereocenters. The Bertz CT molecular complexity index is 1250. The van der Waals surface area contributed by atoms with Gasteiger partial charge in [-0.05, 0) is 55.2 Å². The summed E-state index contributed by atoms with van der Waals surface area (Å²) in [6, 6.07) is 11.2. The van der Waals surface area contributed by atoms with Gasteiger partial charge in [-0.25, -0.2) is 9.78 Å². The zero-order valence-corrected chi connectivity index (χ0v) is 21.1. The molecule has 190 valence electrons. The number of carboxylic acid groups (broad SMARTS) is 1. The number of fused-ring (bicyclic) bond motifs is 1. The Morgan fingerprint density at radius 1 is 1.36 bits per heavy atom. The molecule has 36 heavy (non-hydrogen) atoms. The van der Waals surface area contributed by atoms with Crippen molar-refractivity contribution in [3.63, 3.8) is 0 Å². The Morgan fingerprint density at radius 2 is 2.08 bits per heavy atom. The maximum atomic E-state index is 11.6. The molecule has 1 fully saturated rings. The summed E-state index contributed by atoms with van der Waals surface area (Å²) < 4.78 is 5.61. The highest BCUT2D eigenvalue weighted by molar-refractivity contribution is 7.21. The molecule has 10 heteroatoms. The molecular weight excluding hydrogens is 478 g/mol. The average molecular weight is 510 g/mol. The van der Waals surface area contributed by atoms with Gasteiger partial charge < -0.3 is 30.9 Å². The highest BCUT2D eigenvalue weighted by Crippen LogP contribution is 2.37. The predicted octanol–water partition coefficient (Wildman–Crippen LogP) is 3.40. The van der Waals surface area contributed by atoms with E-state index in [0.717, 1.165) is 66.9 Å². The number of hydrogen-bond acceptors (Lipinski definition) is 9. The minimum absolute atomic E-state index is 0.150. The van der Waals surface area contributed by atoms with Gasteiger partial charge in [-0.1, -0.05) is 13.3 Å². The van der Waals surface area contributed by atoms with E-state index >= 15 is 0 Å². The second-order valence-electron chi connectivity index (χ2n) is 8.99. The minimum Gasteiger partial charge on any atom is -0.491 e. The number of hydrogen-bond donors (Lipinski definition) is 4. The number of aliphatic hydroxyl groups excluding tert-OH is 1. The molecule has 0 saturated carbocycles. The third-order valence-electron chi connectivity index (χ3n) is 6.37.